The molecule has 0 saturated heterocycles. The van der Waals surface area contributed by atoms with E-state index in [0.717, 1.165) is 116 Å². The number of ether oxygens (including phenoxy) is 4. The minimum atomic E-state index is -0.151. The molecule has 8 nitrogen and oxygen atoms in total. The molecule has 0 aromatic heterocycles. The first-order valence-electron chi connectivity index (χ1n) is 25.5. The molecule has 0 saturated carbocycles. The van der Waals surface area contributed by atoms with Gasteiger partial charge in [0.25, 0.3) is 0 Å². The Bertz CT molecular complexity index is 854. The van der Waals surface area contributed by atoms with Crippen LogP contribution in [0.25, 0.3) is 0 Å². The van der Waals surface area contributed by atoms with Crippen molar-refractivity contribution in [2.45, 2.75) is 259 Å². The summed E-state index contributed by atoms with van der Waals surface area (Å²) in [5.41, 5.74) is 0. The molecular formula is C50H100N2O6. The van der Waals surface area contributed by atoms with Crippen LogP contribution < -0.4 is 0 Å². The van der Waals surface area contributed by atoms with Crippen molar-refractivity contribution < 1.29 is 28.5 Å². The zero-order valence-electron chi connectivity index (χ0n) is 39.8. The topological polar surface area (TPSA) is 77.5 Å². The van der Waals surface area contributed by atoms with Crippen LogP contribution in [0.3, 0.4) is 0 Å². The van der Waals surface area contributed by atoms with Gasteiger partial charge in [-0.1, -0.05) is 156 Å². The number of carbonyl (C=O) groups excluding carboxylic acids is 2. The quantitative estimate of drug-likeness (QED) is 0.0344. The van der Waals surface area contributed by atoms with Crippen LogP contribution in [0.4, 0.5) is 4.79 Å². The third-order valence-corrected chi connectivity index (χ3v) is 11.5. The molecule has 0 aliphatic heterocycles. The van der Waals surface area contributed by atoms with E-state index in [9.17, 15) is 9.59 Å². The summed E-state index contributed by atoms with van der Waals surface area (Å²) in [4.78, 5) is 30.4. The first-order chi connectivity index (χ1) is 28.4. The minimum absolute atomic E-state index is 0.00802. The Labute approximate surface area is 361 Å². The summed E-state index contributed by atoms with van der Waals surface area (Å²) in [6, 6.07) is 0. The number of nitrogens with zero attached hydrogens (tertiary/aromatic N) is 2. The van der Waals surface area contributed by atoms with E-state index in [1.807, 2.05) is 18.7 Å². The molecular weight excluding hydrogens is 725 g/mol. The monoisotopic (exact) mass is 825 g/mol. The Hall–Kier alpha value is -1.38. The van der Waals surface area contributed by atoms with Crippen molar-refractivity contribution in [3.05, 3.63) is 0 Å². The van der Waals surface area contributed by atoms with E-state index in [2.05, 4.69) is 32.6 Å². The molecule has 8 heteroatoms. The molecule has 0 heterocycles. The third-order valence-electron chi connectivity index (χ3n) is 11.5. The van der Waals surface area contributed by atoms with Gasteiger partial charge in [-0.25, -0.2) is 4.79 Å². The van der Waals surface area contributed by atoms with Crippen LogP contribution in [0.2, 0.25) is 0 Å². The lowest BCUT2D eigenvalue weighted by molar-refractivity contribution is -0.150. The molecule has 1 atom stereocenters. The van der Waals surface area contributed by atoms with Crippen LogP contribution in [0.5, 0.6) is 0 Å². The number of amides is 1. The maximum absolute atomic E-state index is 13.0. The van der Waals surface area contributed by atoms with E-state index in [0.29, 0.717) is 26.2 Å². The van der Waals surface area contributed by atoms with Crippen molar-refractivity contribution in [2.75, 3.05) is 52.5 Å². The van der Waals surface area contributed by atoms with Crippen LogP contribution in [0, 0.1) is 0 Å². The summed E-state index contributed by atoms with van der Waals surface area (Å²) in [5, 5.41) is 0. The van der Waals surface area contributed by atoms with Crippen LogP contribution in [-0.4, -0.2) is 86.8 Å². The maximum Gasteiger partial charge on any atom is 0.409 e. The van der Waals surface area contributed by atoms with Gasteiger partial charge in [0.1, 0.15) is 6.10 Å². The summed E-state index contributed by atoms with van der Waals surface area (Å²) >= 11 is 0. The van der Waals surface area contributed by atoms with E-state index in [4.69, 9.17) is 18.9 Å². The highest BCUT2D eigenvalue weighted by Gasteiger charge is 2.16. The molecule has 0 fully saturated rings. The normalized spacial score (nSPS) is 12.1. The average molecular weight is 825 g/mol. The summed E-state index contributed by atoms with van der Waals surface area (Å²) in [6.45, 7) is 19.6. The summed E-state index contributed by atoms with van der Waals surface area (Å²) in [6.07, 6.45) is 36.5. The first kappa shape index (κ1) is 56.6. The summed E-state index contributed by atoms with van der Waals surface area (Å²) in [7, 11) is 0. The van der Waals surface area contributed by atoms with Crippen molar-refractivity contribution in [3.63, 3.8) is 0 Å². The van der Waals surface area contributed by atoms with Gasteiger partial charge in [0, 0.05) is 45.7 Å². The highest BCUT2D eigenvalue weighted by molar-refractivity contribution is 5.69. The molecule has 0 bridgehead atoms. The number of hydrogen-bond acceptors (Lipinski definition) is 7. The second-order valence-corrected chi connectivity index (χ2v) is 17.0. The predicted molar refractivity (Wildman–Crippen MR) is 247 cm³/mol. The Morgan fingerprint density at radius 2 is 0.845 bits per heavy atom. The van der Waals surface area contributed by atoms with Gasteiger partial charge in [-0.3, -0.25) is 4.79 Å². The summed E-state index contributed by atoms with van der Waals surface area (Å²) < 4.78 is 23.6. The number of carbonyl (C=O) groups is 2. The largest absolute Gasteiger partial charge is 0.462 e. The Kier molecular flexibility index (Phi) is 44.1. The molecule has 0 aliphatic carbocycles. The molecule has 0 spiro atoms. The second kappa shape index (κ2) is 45.2. The Balaban J connectivity index is 4.68. The number of esters is 1. The number of hydrogen-bond donors (Lipinski definition) is 0. The molecule has 0 N–H and O–H groups in total. The van der Waals surface area contributed by atoms with Crippen molar-refractivity contribution >= 4 is 12.1 Å². The second-order valence-electron chi connectivity index (χ2n) is 17.0. The van der Waals surface area contributed by atoms with E-state index in [1.54, 1.807) is 0 Å². The van der Waals surface area contributed by atoms with Crippen molar-refractivity contribution in [1.82, 2.24) is 9.80 Å². The van der Waals surface area contributed by atoms with Crippen LogP contribution in [0.15, 0.2) is 0 Å². The van der Waals surface area contributed by atoms with Gasteiger partial charge >= 0.3 is 12.1 Å². The van der Waals surface area contributed by atoms with E-state index >= 15 is 0 Å². The zero-order chi connectivity index (χ0) is 42.6. The fourth-order valence-electron chi connectivity index (χ4n) is 7.77. The third kappa shape index (κ3) is 37.6. The molecule has 0 aromatic rings. The van der Waals surface area contributed by atoms with Gasteiger partial charge in [0.05, 0.1) is 6.61 Å². The molecule has 0 rings (SSSR count). The van der Waals surface area contributed by atoms with Crippen LogP contribution >= 0.6 is 0 Å². The highest BCUT2D eigenvalue weighted by Crippen LogP contribution is 2.18. The fraction of sp³-hybridized carbons (Fsp3) is 0.960. The highest BCUT2D eigenvalue weighted by atomic mass is 16.7. The summed E-state index contributed by atoms with van der Waals surface area (Å²) in [5.74, 6) is 0.00802. The van der Waals surface area contributed by atoms with Gasteiger partial charge in [-0.05, 0) is 91.1 Å². The molecule has 0 aliphatic rings. The minimum Gasteiger partial charge on any atom is -0.462 e. The van der Waals surface area contributed by atoms with Gasteiger partial charge in [0.15, 0.2) is 6.29 Å². The van der Waals surface area contributed by atoms with Crippen molar-refractivity contribution in [1.29, 1.82) is 0 Å². The zero-order valence-corrected chi connectivity index (χ0v) is 39.8. The number of rotatable bonds is 46. The molecule has 346 valence electrons. The van der Waals surface area contributed by atoms with Crippen molar-refractivity contribution in [3.8, 4) is 0 Å². The van der Waals surface area contributed by atoms with Gasteiger partial charge in [-0.15, -0.1) is 0 Å². The lowest BCUT2D eigenvalue weighted by Gasteiger charge is -2.25. The maximum atomic E-state index is 13.0. The average Bonchev–Trinajstić information content (AvgIpc) is 3.22. The van der Waals surface area contributed by atoms with Gasteiger partial charge in [0.2, 0.25) is 0 Å². The number of unbranched alkanes of at least 4 members (excludes halogenated alkanes) is 22. The molecule has 0 aromatic carbocycles. The van der Waals surface area contributed by atoms with Gasteiger partial charge < -0.3 is 28.7 Å². The molecule has 1 unspecified atom stereocenters. The fourth-order valence-corrected chi connectivity index (χ4v) is 7.77. The van der Waals surface area contributed by atoms with E-state index in [-0.39, 0.29) is 24.5 Å². The Morgan fingerprint density at radius 3 is 1.36 bits per heavy atom. The first-order valence-corrected chi connectivity index (χ1v) is 25.5. The van der Waals surface area contributed by atoms with Crippen molar-refractivity contribution in [2.24, 2.45) is 0 Å². The lowest BCUT2D eigenvalue weighted by atomic mass is 10.0. The van der Waals surface area contributed by atoms with Gasteiger partial charge in [-0.2, -0.15) is 0 Å². The van der Waals surface area contributed by atoms with Crippen LogP contribution in [-0.2, 0) is 23.7 Å². The van der Waals surface area contributed by atoms with E-state index < -0.39 is 0 Å². The standard InChI is InChI=1S/C50H100N2O6/c1-7-13-17-21-23-30-38-47(37-29-19-15-9-3)58-48(53)39-31-24-26-32-41-51(45-40-49(55-11-5)56-12-6)42-33-27-28-36-46-57-50(54)52(43-34-20-16-10-4)44-35-25-22-18-14-8-2/h47,49H,7-46H2,1-6H3. The smallest absolute Gasteiger partial charge is 0.409 e. The SMILES string of the molecule is CCCCCCCCC(CCCCCC)OC(=O)CCCCCCN(CCCCCCOC(=O)N(CCCCCC)CCCCCCCC)CCC(OCC)OCC. The lowest BCUT2D eigenvalue weighted by Crippen LogP contribution is -2.33. The molecule has 1 amide bonds. The van der Waals surface area contributed by atoms with E-state index in [1.165, 1.54) is 116 Å². The molecule has 58 heavy (non-hydrogen) atoms. The predicted octanol–water partition coefficient (Wildman–Crippen LogP) is 14.6. The van der Waals surface area contributed by atoms with Crippen LogP contribution in [0.1, 0.15) is 247 Å². The Morgan fingerprint density at radius 1 is 0.431 bits per heavy atom. The molecule has 0 radical (unpaired) electrons.